The molecular formula is C18H19F4NO3. The lowest BCUT2D eigenvalue weighted by Gasteiger charge is -2.20. The fourth-order valence-corrected chi connectivity index (χ4v) is 2.67. The van der Waals surface area contributed by atoms with Gasteiger partial charge < -0.3 is 14.4 Å². The number of nitrogens with zero attached hydrogens (tertiary/aromatic N) is 1. The number of ether oxygens (including phenoxy) is 2. The van der Waals surface area contributed by atoms with Gasteiger partial charge in [0.1, 0.15) is 11.5 Å². The van der Waals surface area contributed by atoms with Gasteiger partial charge in [-0.1, -0.05) is 0 Å². The summed E-state index contributed by atoms with van der Waals surface area (Å²) in [6, 6.07) is 3.70. The Balaban J connectivity index is 1.73. The van der Waals surface area contributed by atoms with Crippen molar-refractivity contribution in [2.45, 2.75) is 44.9 Å². The number of rotatable bonds is 9. The van der Waals surface area contributed by atoms with Crippen LogP contribution in [0.1, 0.15) is 31.2 Å². The first-order chi connectivity index (χ1) is 12.4. The monoisotopic (exact) mass is 373 g/mol. The zero-order chi connectivity index (χ0) is 18.7. The lowest BCUT2D eigenvalue weighted by Crippen LogP contribution is -2.33. The Bertz CT molecular complexity index is 672. The zero-order valence-corrected chi connectivity index (χ0v) is 13.9. The summed E-state index contributed by atoms with van der Waals surface area (Å²) in [4.78, 5) is 14.2. The third-order valence-electron chi connectivity index (χ3n) is 4.25. The standard InChI is InChI=1S/C18H19F4NO3/c19-17(20)25-14-7-3-12(15(9-14)26-18(21)22)4-8-16(24)23(13-5-6-13)10-11-1-2-11/h3-4,7-9,11,13,17-18H,1-2,5-6,10H2/b8-4+. The summed E-state index contributed by atoms with van der Waals surface area (Å²) in [5.74, 6) is -0.262. The molecule has 0 spiro atoms. The van der Waals surface area contributed by atoms with E-state index in [-0.39, 0.29) is 29.0 Å². The number of halogens is 4. The second-order valence-corrected chi connectivity index (χ2v) is 6.46. The molecule has 1 aromatic rings. The Morgan fingerprint density at radius 1 is 1.12 bits per heavy atom. The fourth-order valence-electron chi connectivity index (χ4n) is 2.67. The second-order valence-electron chi connectivity index (χ2n) is 6.46. The zero-order valence-electron chi connectivity index (χ0n) is 13.9. The Hall–Kier alpha value is -2.25. The van der Waals surface area contributed by atoms with Gasteiger partial charge in [-0.3, -0.25) is 4.79 Å². The van der Waals surface area contributed by atoms with Crippen LogP contribution in [0.4, 0.5) is 17.6 Å². The summed E-state index contributed by atoms with van der Waals surface area (Å²) >= 11 is 0. The average Bonchev–Trinajstić information content (AvgIpc) is 3.44. The molecule has 0 N–H and O–H groups in total. The molecule has 2 aliphatic carbocycles. The summed E-state index contributed by atoms with van der Waals surface area (Å²) < 4.78 is 58.2. The summed E-state index contributed by atoms with van der Waals surface area (Å²) in [5, 5.41) is 0. The molecule has 4 nitrogen and oxygen atoms in total. The van der Waals surface area contributed by atoms with E-state index in [2.05, 4.69) is 9.47 Å². The van der Waals surface area contributed by atoms with Crippen LogP contribution in [0.5, 0.6) is 11.5 Å². The Labute approximate surface area is 148 Å². The van der Waals surface area contributed by atoms with Crippen LogP contribution in [0.2, 0.25) is 0 Å². The van der Waals surface area contributed by atoms with E-state index in [1.807, 2.05) is 4.90 Å². The van der Waals surface area contributed by atoms with Crippen molar-refractivity contribution in [1.82, 2.24) is 4.90 Å². The van der Waals surface area contributed by atoms with Crippen molar-refractivity contribution in [3.8, 4) is 11.5 Å². The van der Waals surface area contributed by atoms with E-state index in [1.165, 1.54) is 24.3 Å². The third kappa shape index (κ3) is 5.37. The Morgan fingerprint density at radius 2 is 1.81 bits per heavy atom. The van der Waals surface area contributed by atoms with E-state index in [0.717, 1.165) is 38.3 Å². The molecule has 0 unspecified atom stereocenters. The van der Waals surface area contributed by atoms with Gasteiger partial charge in [-0.05, 0) is 49.8 Å². The van der Waals surface area contributed by atoms with Crippen molar-refractivity contribution in [2.24, 2.45) is 5.92 Å². The summed E-state index contributed by atoms with van der Waals surface area (Å²) in [5.41, 5.74) is 0.183. The van der Waals surface area contributed by atoms with Crippen LogP contribution < -0.4 is 9.47 Å². The number of carbonyl (C=O) groups excluding carboxylic acids is 1. The van der Waals surface area contributed by atoms with Crippen molar-refractivity contribution < 1.29 is 31.8 Å². The molecule has 0 heterocycles. The minimum atomic E-state index is -3.13. The molecule has 1 amide bonds. The highest BCUT2D eigenvalue weighted by atomic mass is 19.3. The predicted molar refractivity (Wildman–Crippen MR) is 86.2 cm³/mol. The Kier molecular flexibility index (Phi) is 5.68. The molecule has 2 fully saturated rings. The van der Waals surface area contributed by atoms with Crippen molar-refractivity contribution in [3.63, 3.8) is 0 Å². The minimum absolute atomic E-state index is 0.183. The smallest absolute Gasteiger partial charge is 0.387 e. The summed E-state index contributed by atoms with van der Waals surface area (Å²) in [6.07, 6.45) is 6.87. The minimum Gasteiger partial charge on any atom is -0.435 e. The topological polar surface area (TPSA) is 38.8 Å². The first-order valence-corrected chi connectivity index (χ1v) is 8.44. The molecule has 2 saturated carbocycles. The van der Waals surface area contributed by atoms with Crippen LogP contribution in [0.15, 0.2) is 24.3 Å². The molecular weight excluding hydrogens is 354 g/mol. The SMILES string of the molecule is O=C(/C=C/c1ccc(OC(F)F)cc1OC(F)F)N(CC1CC1)C1CC1. The van der Waals surface area contributed by atoms with Gasteiger partial charge in [0.05, 0.1) is 0 Å². The fraction of sp³-hybridized carbons (Fsp3) is 0.500. The molecule has 2 aliphatic rings. The van der Waals surface area contributed by atoms with Gasteiger partial charge >= 0.3 is 13.2 Å². The molecule has 0 atom stereocenters. The highest BCUT2D eigenvalue weighted by Crippen LogP contribution is 2.35. The maximum absolute atomic E-state index is 12.6. The van der Waals surface area contributed by atoms with Crippen LogP contribution >= 0.6 is 0 Å². The van der Waals surface area contributed by atoms with E-state index in [1.54, 1.807) is 0 Å². The average molecular weight is 373 g/mol. The molecule has 0 saturated heterocycles. The van der Waals surface area contributed by atoms with Crippen LogP contribution in [0.25, 0.3) is 6.08 Å². The number of carbonyl (C=O) groups is 1. The summed E-state index contributed by atoms with van der Waals surface area (Å²) in [6.45, 7) is -5.49. The maximum Gasteiger partial charge on any atom is 0.387 e. The summed E-state index contributed by atoms with van der Waals surface area (Å²) in [7, 11) is 0. The molecule has 26 heavy (non-hydrogen) atoms. The molecule has 8 heteroatoms. The molecule has 1 aromatic carbocycles. The van der Waals surface area contributed by atoms with E-state index in [9.17, 15) is 22.4 Å². The highest BCUT2D eigenvalue weighted by molar-refractivity contribution is 5.92. The highest BCUT2D eigenvalue weighted by Gasteiger charge is 2.35. The first-order valence-electron chi connectivity index (χ1n) is 8.44. The van der Waals surface area contributed by atoms with Crippen LogP contribution in [0, 0.1) is 5.92 Å². The number of amides is 1. The number of alkyl halides is 4. The van der Waals surface area contributed by atoms with Crippen LogP contribution in [-0.2, 0) is 4.79 Å². The van der Waals surface area contributed by atoms with Gasteiger partial charge in [0.15, 0.2) is 0 Å². The van der Waals surface area contributed by atoms with E-state index in [0.29, 0.717) is 5.92 Å². The molecule has 0 aliphatic heterocycles. The number of hydrogen-bond acceptors (Lipinski definition) is 3. The molecule has 142 valence electrons. The lowest BCUT2D eigenvalue weighted by molar-refractivity contribution is -0.126. The number of hydrogen-bond donors (Lipinski definition) is 0. The van der Waals surface area contributed by atoms with Gasteiger partial charge in [-0.15, -0.1) is 0 Å². The lowest BCUT2D eigenvalue weighted by atomic mass is 10.1. The second kappa shape index (κ2) is 7.97. The van der Waals surface area contributed by atoms with E-state index in [4.69, 9.17) is 0 Å². The third-order valence-corrected chi connectivity index (χ3v) is 4.25. The van der Waals surface area contributed by atoms with E-state index >= 15 is 0 Å². The predicted octanol–water partition coefficient (Wildman–Crippen LogP) is 4.30. The van der Waals surface area contributed by atoms with Gasteiger partial charge in [0.25, 0.3) is 0 Å². The maximum atomic E-state index is 12.6. The van der Waals surface area contributed by atoms with Gasteiger partial charge in [0, 0.05) is 30.3 Å². The molecule has 0 aromatic heterocycles. The molecule has 3 rings (SSSR count). The van der Waals surface area contributed by atoms with Gasteiger partial charge in [-0.2, -0.15) is 17.6 Å². The number of benzene rings is 1. The van der Waals surface area contributed by atoms with E-state index < -0.39 is 13.2 Å². The quantitative estimate of drug-likeness (QED) is 0.478. The van der Waals surface area contributed by atoms with Crippen LogP contribution in [-0.4, -0.2) is 36.6 Å². The molecule has 0 radical (unpaired) electrons. The van der Waals surface area contributed by atoms with Gasteiger partial charge in [-0.25, -0.2) is 0 Å². The first kappa shape index (κ1) is 18.5. The van der Waals surface area contributed by atoms with Gasteiger partial charge in [0.2, 0.25) is 5.91 Å². The van der Waals surface area contributed by atoms with Crippen molar-refractivity contribution in [2.75, 3.05) is 6.54 Å². The van der Waals surface area contributed by atoms with Crippen molar-refractivity contribution in [1.29, 1.82) is 0 Å². The Morgan fingerprint density at radius 3 is 2.38 bits per heavy atom. The van der Waals surface area contributed by atoms with Crippen LogP contribution in [0.3, 0.4) is 0 Å². The van der Waals surface area contributed by atoms with Crippen molar-refractivity contribution in [3.05, 3.63) is 29.8 Å². The molecule has 0 bridgehead atoms. The largest absolute Gasteiger partial charge is 0.435 e. The van der Waals surface area contributed by atoms with Crippen molar-refractivity contribution >= 4 is 12.0 Å². The normalized spacial score (nSPS) is 17.2.